The quantitative estimate of drug-likeness (QED) is 0.0763. The molecule has 0 unspecified atom stereocenters. The highest BCUT2D eigenvalue weighted by molar-refractivity contribution is 6.01. The fourth-order valence-corrected chi connectivity index (χ4v) is 4.40. The van der Waals surface area contributed by atoms with Crippen molar-refractivity contribution in [3.8, 4) is 0 Å². The first-order valence-corrected chi connectivity index (χ1v) is 15.1. The fraction of sp³-hybridized carbons (Fsp3) is 0.633. The van der Waals surface area contributed by atoms with Gasteiger partial charge in [-0.1, -0.05) is 57.0 Å². The Morgan fingerprint density at radius 2 is 1.66 bits per heavy atom. The molecule has 0 radical (unpaired) electrons. The van der Waals surface area contributed by atoms with Crippen LogP contribution in [0.5, 0.6) is 0 Å². The predicted octanol–water partition coefficient (Wildman–Crippen LogP) is 2.74. The minimum absolute atomic E-state index is 0. The number of nitrogens with two attached hydrogens (primary N) is 2. The van der Waals surface area contributed by atoms with Crippen LogP contribution in [-0.2, 0) is 35.2 Å². The van der Waals surface area contributed by atoms with E-state index < -0.39 is 48.2 Å². The second kappa shape index (κ2) is 21.3. The second-order valence-electron chi connectivity index (χ2n) is 10.5. The summed E-state index contributed by atoms with van der Waals surface area (Å²) in [5.41, 5.74) is 11.6. The van der Waals surface area contributed by atoms with Crippen molar-refractivity contribution in [1.82, 2.24) is 15.5 Å². The number of benzene rings is 1. The summed E-state index contributed by atoms with van der Waals surface area (Å²) in [5, 5.41) is 5.59. The Kier molecular flexibility index (Phi) is 18.7. The lowest BCUT2D eigenvalue weighted by molar-refractivity contribution is -0.165. The zero-order chi connectivity index (χ0) is 31.6. The molecule has 14 heteroatoms. The van der Waals surface area contributed by atoms with Gasteiger partial charge in [-0.3, -0.25) is 19.4 Å². The number of hydrogen-bond donors (Lipinski definition) is 4. The van der Waals surface area contributed by atoms with E-state index in [2.05, 4.69) is 29.5 Å². The van der Waals surface area contributed by atoms with Gasteiger partial charge in [0.05, 0.1) is 6.04 Å². The molecule has 44 heavy (non-hydrogen) atoms. The average Bonchev–Trinajstić information content (AvgIpc) is 3.38. The van der Waals surface area contributed by atoms with Gasteiger partial charge in [-0.25, -0.2) is 9.69 Å². The van der Waals surface area contributed by atoms with Gasteiger partial charge in [0.25, 0.3) is 0 Å². The monoisotopic (exact) mass is 640 g/mol. The smallest absolute Gasteiger partial charge is 0.417 e. The molecule has 0 spiro atoms. The molecule has 1 saturated heterocycles. The number of nitrogens with one attached hydrogen (secondary N) is 2. The Morgan fingerprint density at radius 3 is 2.25 bits per heavy atom. The first-order valence-electron chi connectivity index (χ1n) is 15.1. The van der Waals surface area contributed by atoms with Gasteiger partial charge in [0.1, 0.15) is 18.7 Å². The Morgan fingerprint density at radius 1 is 1.02 bits per heavy atom. The Balaban J connectivity index is 0.00000968. The van der Waals surface area contributed by atoms with Crippen LogP contribution in [0, 0.1) is 0 Å². The highest BCUT2D eigenvalue weighted by Crippen LogP contribution is 2.21. The zero-order valence-electron chi connectivity index (χ0n) is 26.0. The molecule has 1 fully saturated rings. The number of imide groups is 1. The van der Waals surface area contributed by atoms with Gasteiger partial charge >= 0.3 is 6.09 Å². The molecule has 1 heterocycles. The molecule has 2 rings (SSSR count). The molecular formula is C30H49ClN6O7. The number of halogens is 1. The number of unbranched alkanes of at least 4 members (excludes halogenated alkanes) is 2. The first kappa shape index (κ1) is 38.6. The zero-order valence-corrected chi connectivity index (χ0v) is 26.8. The van der Waals surface area contributed by atoms with Gasteiger partial charge in [-0.2, -0.15) is 0 Å². The van der Waals surface area contributed by atoms with Crippen molar-refractivity contribution in [2.45, 2.75) is 103 Å². The van der Waals surface area contributed by atoms with Gasteiger partial charge in [0.2, 0.25) is 17.7 Å². The topological polar surface area (TPSA) is 188 Å². The minimum Gasteiger partial charge on any atom is -0.444 e. The van der Waals surface area contributed by atoms with Crippen LogP contribution in [0.2, 0.25) is 0 Å². The predicted molar refractivity (Wildman–Crippen MR) is 169 cm³/mol. The second-order valence-corrected chi connectivity index (χ2v) is 10.5. The molecule has 1 aliphatic rings. The Labute approximate surface area is 266 Å². The molecule has 1 aromatic carbocycles. The first-order chi connectivity index (χ1) is 20.7. The molecule has 1 aliphatic heterocycles. The highest BCUT2D eigenvalue weighted by Gasteiger charge is 2.42. The van der Waals surface area contributed by atoms with Gasteiger partial charge in [0, 0.05) is 26.2 Å². The van der Waals surface area contributed by atoms with E-state index in [9.17, 15) is 19.2 Å². The number of ether oxygens (including phenoxy) is 3. The summed E-state index contributed by atoms with van der Waals surface area (Å²) in [6.07, 6.45) is 3.10. The van der Waals surface area contributed by atoms with Gasteiger partial charge in [0.15, 0.2) is 12.2 Å². The molecule has 13 nitrogen and oxygen atoms in total. The summed E-state index contributed by atoms with van der Waals surface area (Å²) in [5.74, 6) is -1.61. The number of amides is 4. The van der Waals surface area contributed by atoms with Gasteiger partial charge < -0.3 is 36.3 Å². The summed E-state index contributed by atoms with van der Waals surface area (Å²) < 4.78 is 17.3. The summed E-state index contributed by atoms with van der Waals surface area (Å²) in [6, 6.07) is 6.42. The number of carbonyl (C=O) groups excluding carboxylic acids is 4. The number of rotatable bonds is 19. The molecule has 6 N–H and O–H groups in total. The SMILES string of the molecule is CCCCOC(OCCCC)[C@H](CCCN=C(N)N)NC(=O)[C@H](C)NC(=O)[C@H]1CCC(=O)N1C(=O)OCc1ccccc1.Cl. The van der Waals surface area contributed by atoms with Crippen molar-refractivity contribution in [3.05, 3.63) is 35.9 Å². The molecule has 3 atom stereocenters. The average molecular weight is 641 g/mol. The molecular weight excluding hydrogens is 592 g/mol. The third-order valence-electron chi connectivity index (χ3n) is 6.85. The van der Waals surface area contributed by atoms with E-state index in [0.717, 1.165) is 36.1 Å². The van der Waals surface area contributed by atoms with Crippen LogP contribution in [0.15, 0.2) is 35.3 Å². The van der Waals surface area contributed by atoms with E-state index in [1.807, 2.05) is 6.07 Å². The van der Waals surface area contributed by atoms with E-state index in [1.165, 1.54) is 6.92 Å². The highest BCUT2D eigenvalue weighted by atomic mass is 35.5. The maximum atomic E-state index is 13.3. The molecule has 4 amide bonds. The molecule has 0 bridgehead atoms. The fourth-order valence-electron chi connectivity index (χ4n) is 4.40. The molecule has 1 aromatic rings. The Bertz CT molecular complexity index is 1050. The van der Waals surface area contributed by atoms with Crippen LogP contribution in [0.3, 0.4) is 0 Å². The number of likely N-dealkylation sites (tertiary alicyclic amines) is 1. The van der Waals surface area contributed by atoms with Crippen LogP contribution in [0.1, 0.15) is 77.7 Å². The van der Waals surface area contributed by atoms with E-state index in [4.69, 9.17) is 25.7 Å². The summed E-state index contributed by atoms with van der Waals surface area (Å²) in [4.78, 5) is 56.5. The number of aliphatic imine (C=N–C) groups is 1. The summed E-state index contributed by atoms with van der Waals surface area (Å²) in [7, 11) is 0. The Hall–Kier alpha value is -3.42. The third-order valence-corrected chi connectivity index (χ3v) is 6.85. The summed E-state index contributed by atoms with van der Waals surface area (Å²) in [6.45, 7) is 6.89. The molecule has 0 saturated carbocycles. The molecule has 248 valence electrons. The normalized spacial score (nSPS) is 15.7. The van der Waals surface area contributed by atoms with Crippen LogP contribution < -0.4 is 22.1 Å². The van der Waals surface area contributed by atoms with Crippen LogP contribution >= 0.6 is 12.4 Å². The van der Waals surface area contributed by atoms with Crippen molar-refractivity contribution >= 4 is 42.2 Å². The van der Waals surface area contributed by atoms with Crippen molar-refractivity contribution in [3.63, 3.8) is 0 Å². The van der Waals surface area contributed by atoms with Crippen molar-refractivity contribution in [1.29, 1.82) is 0 Å². The number of carbonyl (C=O) groups is 4. The van der Waals surface area contributed by atoms with E-state index in [-0.39, 0.29) is 37.8 Å². The van der Waals surface area contributed by atoms with Crippen LogP contribution in [-0.4, -0.2) is 78.8 Å². The number of hydrogen-bond acceptors (Lipinski definition) is 8. The third kappa shape index (κ3) is 13.5. The largest absolute Gasteiger partial charge is 0.444 e. The molecule has 0 aliphatic carbocycles. The number of guanidine groups is 1. The van der Waals surface area contributed by atoms with Gasteiger partial charge in [-0.15, -0.1) is 12.4 Å². The maximum absolute atomic E-state index is 13.3. The van der Waals surface area contributed by atoms with E-state index >= 15 is 0 Å². The van der Waals surface area contributed by atoms with Crippen LogP contribution in [0.4, 0.5) is 4.79 Å². The van der Waals surface area contributed by atoms with Crippen molar-refractivity contribution in [2.24, 2.45) is 16.5 Å². The molecule has 0 aromatic heterocycles. The lowest BCUT2D eigenvalue weighted by Gasteiger charge is -2.30. The lowest BCUT2D eigenvalue weighted by Crippen LogP contribution is -2.55. The standard InChI is InChI=1S/C30H48N6O7.ClH/c1-4-6-18-41-28(42-19-7-5-2)23(14-11-17-33-29(31)32)35-26(38)21(3)34-27(39)24-15-16-25(37)36(24)30(40)43-20-22-12-9-8-10-13-22;/h8-10,12-13,21,23-24,28H,4-7,11,14-20H2,1-3H3,(H,34,39)(H,35,38)(H4,31,32,33);1H/t21-,23-,24+;/m0./s1. The minimum atomic E-state index is -1.08. The van der Waals surface area contributed by atoms with Crippen LogP contribution in [0.25, 0.3) is 0 Å². The van der Waals surface area contributed by atoms with Crippen molar-refractivity contribution < 1.29 is 33.4 Å². The summed E-state index contributed by atoms with van der Waals surface area (Å²) >= 11 is 0. The van der Waals surface area contributed by atoms with E-state index in [1.54, 1.807) is 24.3 Å². The van der Waals surface area contributed by atoms with Gasteiger partial charge in [-0.05, 0) is 44.6 Å². The van der Waals surface area contributed by atoms with E-state index in [0.29, 0.717) is 32.6 Å². The lowest BCUT2D eigenvalue weighted by atomic mass is 10.1. The number of nitrogens with zero attached hydrogens (tertiary/aromatic N) is 2. The van der Waals surface area contributed by atoms with Crippen molar-refractivity contribution in [2.75, 3.05) is 19.8 Å². The maximum Gasteiger partial charge on any atom is 0.417 e.